The number of rotatable bonds is 9. The molecular weight excluding hydrogens is 356 g/mol. The maximum Gasteiger partial charge on any atom is 0.274 e. The number of amides is 2. The van der Waals surface area contributed by atoms with Crippen molar-refractivity contribution in [1.82, 2.24) is 15.2 Å². The van der Waals surface area contributed by atoms with Gasteiger partial charge in [0.1, 0.15) is 11.4 Å². The average Bonchev–Trinajstić information content (AvgIpc) is 2.66. The van der Waals surface area contributed by atoms with Gasteiger partial charge in [-0.25, -0.2) is 0 Å². The molecule has 1 aromatic heterocycles. The fraction of sp³-hybridized carbons (Fsp3) is 0.381. The Balaban J connectivity index is 1.95. The molecule has 0 aliphatic carbocycles. The molecule has 1 aromatic carbocycles. The van der Waals surface area contributed by atoms with Crippen LogP contribution in [0, 0.1) is 0 Å². The van der Waals surface area contributed by atoms with E-state index in [1.165, 1.54) is 12.3 Å². The molecule has 2 N–H and O–H groups in total. The van der Waals surface area contributed by atoms with Gasteiger partial charge in [-0.2, -0.15) is 0 Å². The number of nitrogens with zero attached hydrogens (tertiary/aromatic N) is 2. The Morgan fingerprint density at radius 3 is 2.46 bits per heavy atom. The lowest BCUT2D eigenvalue weighted by molar-refractivity contribution is 0.0952. The molecule has 2 amide bonds. The molecule has 0 saturated carbocycles. The molecule has 2 aromatic rings. The van der Waals surface area contributed by atoms with Gasteiger partial charge in [0.2, 0.25) is 0 Å². The zero-order chi connectivity index (χ0) is 20.5. The van der Waals surface area contributed by atoms with Gasteiger partial charge in [0.05, 0.1) is 6.10 Å². The highest BCUT2D eigenvalue weighted by Crippen LogP contribution is 2.17. The molecule has 0 atom stereocenters. The lowest BCUT2D eigenvalue weighted by Gasteiger charge is -2.11. The standard InChI is InChI=1S/C21H28N4O3/c1-15(2)28-18-8-6-17(7-9-18)24-21(27)19-14-16(10-12-22-19)20(26)23-11-5-13-25(3)4/h6-10,12,14-15H,5,11,13H2,1-4H3,(H,23,26)(H,24,27). The van der Waals surface area contributed by atoms with Crippen molar-refractivity contribution in [3.05, 3.63) is 53.9 Å². The van der Waals surface area contributed by atoms with E-state index in [1.54, 1.807) is 30.3 Å². The molecule has 0 unspecified atom stereocenters. The van der Waals surface area contributed by atoms with Crippen LogP contribution in [0.1, 0.15) is 41.1 Å². The lowest BCUT2D eigenvalue weighted by atomic mass is 10.2. The Kier molecular flexibility index (Phi) is 7.95. The maximum absolute atomic E-state index is 12.4. The first-order valence-corrected chi connectivity index (χ1v) is 9.32. The molecule has 7 nitrogen and oxygen atoms in total. The fourth-order valence-electron chi connectivity index (χ4n) is 2.48. The number of carbonyl (C=O) groups excluding carboxylic acids is 2. The molecule has 28 heavy (non-hydrogen) atoms. The summed E-state index contributed by atoms with van der Waals surface area (Å²) >= 11 is 0. The van der Waals surface area contributed by atoms with Crippen molar-refractivity contribution >= 4 is 17.5 Å². The van der Waals surface area contributed by atoms with Crippen molar-refractivity contribution in [2.45, 2.75) is 26.4 Å². The maximum atomic E-state index is 12.4. The number of carbonyl (C=O) groups is 2. The van der Waals surface area contributed by atoms with Crippen LogP contribution in [0.25, 0.3) is 0 Å². The van der Waals surface area contributed by atoms with E-state index in [-0.39, 0.29) is 23.6 Å². The highest BCUT2D eigenvalue weighted by molar-refractivity contribution is 6.04. The smallest absolute Gasteiger partial charge is 0.274 e. The lowest BCUT2D eigenvalue weighted by Crippen LogP contribution is -2.27. The van der Waals surface area contributed by atoms with Gasteiger partial charge in [-0.3, -0.25) is 14.6 Å². The van der Waals surface area contributed by atoms with E-state index in [4.69, 9.17) is 4.74 Å². The van der Waals surface area contributed by atoms with Crippen LogP contribution in [0.2, 0.25) is 0 Å². The summed E-state index contributed by atoms with van der Waals surface area (Å²) in [6.07, 6.45) is 2.40. The third kappa shape index (κ3) is 7.00. The predicted octanol–water partition coefficient (Wildman–Crippen LogP) is 2.80. The van der Waals surface area contributed by atoms with Crippen molar-refractivity contribution in [3.63, 3.8) is 0 Å². The van der Waals surface area contributed by atoms with Crippen LogP contribution >= 0.6 is 0 Å². The molecule has 0 fully saturated rings. The van der Waals surface area contributed by atoms with Gasteiger partial charge >= 0.3 is 0 Å². The van der Waals surface area contributed by atoms with Gasteiger partial charge < -0.3 is 20.3 Å². The van der Waals surface area contributed by atoms with Crippen LogP contribution < -0.4 is 15.4 Å². The van der Waals surface area contributed by atoms with Gasteiger partial charge in [0.25, 0.3) is 11.8 Å². The minimum atomic E-state index is -0.375. The van der Waals surface area contributed by atoms with Gasteiger partial charge in [-0.1, -0.05) is 0 Å². The Labute approximate surface area is 166 Å². The van der Waals surface area contributed by atoms with Crippen LogP contribution in [-0.4, -0.2) is 55.0 Å². The number of hydrogen-bond donors (Lipinski definition) is 2. The number of aromatic nitrogens is 1. The van der Waals surface area contributed by atoms with E-state index in [2.05, 4.69) is 20.5 Å². The number of nitrogens with one attached hydrogen (secondary N) is 2. The molecule has 0 radical (unpaired) electrons. The fourth-order valence-corrected chi connectivity index (χ4v) is 2.48. The second-order valence-electron chi connectivity index (χ2n) is 6.99. The Morgan fingerprint density at radius 2 is 1.82 bits per heavy atom. The third-order valence-corrected chi connectivity index (χ3v) is 3.81. The molecule has 0 bridgehead atoms. The number of pyridine rings is 1. The zero-order valence-corrected chi connectivity index (χ0v) is 16.9. The molecule has 2 rings (SSSR count). The Morgan fingerprint density at radius 1 is 1.11 bits per heavy atom. The van der Waals surface area contributed by atoms with E-state index in [0.717, 1.165) is 18.7 Å². The molecule has 0 saturated heterocycles. The second kappa shape index (κ2) is 10.4. The first-order chi connectivity index (χ1) is 13.3. The normalized spacial score (nSPS) is 10.8. The van der Waals surface area contributed by atoms with E-state index >= 15 is 0 Å². The minimum Gasteiger partial charge on any atom is -0.491 e. The van der Waals surface area contributed by atoms with Crippen LogP contribution in [-0.2, 0) is 0 Å². The van der Waals surface area contributed by atoms with Gasteiger partial charge in [0, 0.05) is 24.0 Å². The summed E-state index contributed by atoms with van der Waals surface area (Å²) in [6.45, 7) is 5.37. The van der Waals surface area contributed by atoms with Crippen LogP contribution in [0.4, 0.5) is 5.69 Å². The van der Waals surface area contributed by atoms with E-state index in [1.807, 2.05) is 27.9 Å². The van der Waals surface area contributed by atoms with Crippen molar-refractivity contribution < 1.29 is 14.3 Å². The van der Waals surface area contributed by atoms with Crippen LogP contribution in [0.3, 0.4) is 0 Å². The summed E-state index contributed by atoms with van der Waals surface area (Å²) in [4.78, 5) is 30.8. The quantitative estimate of drug-likeness (QED) is 0.650. The van der Waals surface area contributed by atoms with Crippen molar-refractivity contribution in [1.29, 1.82) is 0 Å². The predicted molar refractivity (Wildman–Crippen MR) is 110 cm³/mol. The highest BCUT2D eigenvalue weighted by Gasteiger charge is 2.12. The second-order valence-corrected chi connectivity index (χ2v) is 6.99. The number of hydrogen-bond acceptors (Lipinski definition) is 5. The Bertz CT molecular complexity index is 788. The van der Waals surface area contributed by atoms with Gasteiger partial charge in [-0.05, 0) is 77.3 Å². The molecule has 1 heterocycles. The van der Waals surface area contributed by atoms with Crippen molar-refractivity contribution in [3.8, 4) is 5.75 Å². The molecule has 150 valence electrons. The first-order valence-electron chi connectivity index (χ1n) is 9.32. The summed E-state index contributed by atoms with van der Waals surface area (Å²) in [5.74, 6) is 0.143. The first kappa shape index (κ1) is 21.4. The Hall–Kier alpha value is -2.93. The van der Waals surface area contributed by atoms with Crippen molar-refractivity contribution in [2.24, 2.45) is 0 Å². The topological polar surface area (TPSA) is 83.6 Å². The average molecular weight is 384 g/mol. The highest BCUT2D eigenvalue weighted by atomic mass is 16.5. The van der Waals surface area contributed by atoms with Crippen molar-refractivity contribution in [2.75, 3.05) is 32.5 Å². The van der Waals surface area contributed by atoms with Gasteiger partial charge in [0.15, 0.2) is 0 Å². The zero-order valence-electron chi connectivity index (χ0n) is 16.9. The number of anilines is 1. The van der Waals surface area contributed by atoms with E-state index in [0.29, 0.717) is 17.8 Å². The number of ether oxygens (including phenoxy) is 1. The monoisotopic (exact) mass is 384 g/mol. The summed E-state index contributed by atoms with van der Waals surface area (Å²) in [6, 6.07) is 10.2. The molecular formula is C21H28N4O3. The minimum absolute atomic E-state index is 0.0846. The van der Waals surface area contributed by atoms with E-state index in [9.17, 15) is 9.59 Å². The van der Waals surface area contributed by atoms with Crippen LogP contribution in [0.15, 0.2) is 42.6 Å². The summed E-state index contributed by atoms with van der Waals surface area (Å²) < 4.78 is 5.58. The molecule has 0 spiro atoms. The summed E-state index contributed by atoms with van der Waals surface area (Å²) in [5.41, 5.74) is 1.22. The SMILES string of the molecule is CC(C)Oc1ccc(NC(=O)c2cc(C(=O)NCCCN(C)C)ccn2)cc1. The molecule has 0 aliphatic rings. The van der Waals surface area contributed by atoms with Gasteiger partial charge in [-0.15, -0.1) is 0 Å². The summed E-state index contributed by atoms with van der Waals surface area (Å²) in [7, 11) is 3.97. The largest absolute Gasteiger partial charge is 0.491 e. The summed E-state index contributed by atoms with van der Waals surface area (Å²) in [5, 5.41) is 5.63. The molecule has 7 heteroatoms. The third-order valence-electron chi connectivity index (χ3n) is 3.81. The number of benzene rings is 1. The van der Waals surface area contributed by atoms with Crippen LogP contribution in [0.5, 0.6) is 5.75 Å². The molecule has 0 aliphatic heterocycles. The van der Waals surface area contributed by atoms with E-state index < -0.39 is 0 Å².